The molecule has 0 aromatic heterocycles. The first-order chi connectivity index (χ1) is 7.79. The van der Waals surface area contributed by atoms with E-state index in [9.17, 15) is 14.3 Å². The summed E-state index contributed by atoms with van der Waals surface area (Å²) in [5.41, 5.74) is -0.540. The largest absolute Gasteiger partial charge is 0.476 e. The van der Waals surface area contributed by atoms with Gasteiger partial charge in [-0.25, -0.2) is 4.39 Å². The molecule has 1 aromatic carbocycles. The van der Waals surface area contributed by atoms with Crippen molar-refractivity contribution in [1.29, 1.82) is 0 Å². The number of ether oxygens (including phenoxy) is 1. The lowest BCUT2D eigenvalue weighted by molar-refractivity contribution is -0.122. The van der Waals surface area contributed by atoms with Crippen LogP contribution in [0.25, 0.3) is 0 Å². The first kappa shape index (κ1) is 11.9. The molecule has 2 rings (SSSR count). The third-order valence-corrected chi connectivity index (χ3v) is 2.67. The zero-order valence-electron chi connectivity index (χ0n) is 9.87. The van der Waals surface area contributed by atoms with Crippen molar-refractivity contribution in [1.82, 2.24) is 0 Å². The van der Waals surface area contributed by atoms with Crippen molar-refractivity contribution in [2.24, 2.45) is 0 Å². The number of aliphatic hydroxyl groups is 1. The minimum absolute atomic E-state index is 0.0186. The van der Waals surface area contributed by atoms with Gasteiger partial charge >= 0.3 is 0 Å². The monoisotopic (exact) mass is 239 g/mol. The fourth-order valence-corrected chi connectivity index (χ4v) is 1.62. The van der Waals surface area contributed by atoms with Crippen LogP contribution in [0.5, 0.6) is 5.75 Å². The molecule has 4 nitrogen and oxygen atoms in total. The van der Waals surface area contributed by atoms with Crippen LogP contribution >= 0.6 is 0 Å². The van der Waals surface area contributed by atoms with Crippen LogP contribution in [0, 0.1) is 5.82 Å². The van der Waals surface area contributed by atoms with Gasteiger partial charge in [-0.1, -0.05) is 0 Å². The molecule has 2 N–H and O–H groups in total. The first-order valence-electron chi connectivity index (χ1n) is 5.33. The van der Waals surface area contributed by atoms with Gasteiger partial charge in [0.15, 0.2) is 17.7 Å². The number of halogens is 1. The molecular formula is C12H14FNO3. The van der Waals surface area contributed by atoms with Gasteiger partial charge in [-0.05, 0) is 38.5 Å². The third-order valence-electron chi connectivity index (χ3n) is 2.67. The summed E-state index contributed by atoms with van der Waals surface area (Å²) >= 11 is 0. The van der Waals surface area contributed by atoms with Crippen molar-refractivity contribution in [2.75, 3.05) is 5.32 Å². The average Bonchev–Trinajstić information content (AvgIpc) is 2.19. The Bertz CT molecular complexity index is 479. The van der Waals surface area contributed by atoms with E-state index in [2.05, 4.69) is 5.32 Å². The van der Waals surface area contributed by atoms with Gasteiger partial charge < -0.3 is 15.2 Å². The molecule has 1 aliphatic heterocycles. The molecule has 0 radical (unpaired) electrons. The van der Waals surface area contributed by atoms with Gasteiger partial charge in [0.05, 0.1) is 11.3 Å². The summed E-state index contributed by atoms with van der Waals surface area (Å²) < 4.78 is 18.9. The first-order valence-corrected chi connectivity index (χ1v) is 5.33. The molecular weight excluding hydrogens is 225 g/mol. The van der Waals surface area contributed by atoms with Crippen molar-refractivity contribution in [3.05, 3.63) is 23.5 Å². The number of carbonyl (C=O) groups excluding carboxylic acids is 1. The lowest BCUT2D eigenvalue weighted by Crippen LogP contribution is -2.35. The topological polar surface area (TPSA) is 58.6 Å². The predicted octanol–water partition coefficient (Wildman–Crippen LogP) is 1.77. The van der Waals surface area contributed by atoms with Crippen LogP contribution < -0.4 is 10.1 Å². The molecule has 0 saturated heterocycles. The molecule has 1 aromatic rings. The number of hydrogen-bond donors (Lipinski definition) is 2. The summed E-state index contributed by atoms with van der Waals surface area (Å²) in [7, 11) is 0. The number of hydrogen-bond acceptors (Lipinski definition) is 3. The highest BCUT2D eigenvalue weighted by molar-refractivity contribution is 5.97. The molecule has 0 fully saturated rings. The van der Waals surface area contributed by atoms with Crippen LogP contribution in [0.2, 0.25) is 0 Å². The lowest BCUT2D eigenvalue weighted by atomic mass is 9.97. The summed E-state index contributed by atoms with van der Waals surface area (Å²) in [6.45, 7) is 4.63. The molecule has 0 aliphatic carbocycles. The lowest BCUT2D eigenvalue weighted by Gasteiger charge is -2.26. The molecule has 0 spiro atoms. The predicted molar refractivity (Wildman–Crippen MR) is 60.4 cm³/mol. The van der Waals surface area contributed by atoms with Crippen LogP contribution in [-0.4, -0.2) is 17.1 Å². The maximum atomic E-state index is 13.8. The minimum atomic E-state index is -1.18. The van der Waals surface area contributed by atoms with Crippen LogP contribution in [0.1, 0.15) is 26.3 Å². The van der Waals surface area contributed by atoms with Gasteiger partial charge in [0.2, 0.25) is 0 Å². The average molecular weight is 239 g/mol. The van der Waals surface area contributed by atoms with E-state index >= 15 is 0 Å². The van der Waals surface area contributed by atoms with E-state index in [4.69, 9.17) is 4.74 Å². The highest BCUT2D eigenvalue weighted by Gasteiger charge is 2.29. The summed E-state index contributed by atoms with van der Waals surface area (Å²) in [6, 6.07) is 2.73. The van der Waals surface area contributed by atoms with E-state index in [0.29, 0.717) is 5.56 Å². The molecule has 92 valence electrons. The summed E-state index contributed by atoms with van der Waals surface area (Å²) in [5.74, 6) is -0.902. The van der Waals surface area contributed by atoms with Gasteiger partial charge in [0.1, 0.15) is 0 Å². The zero-order chi connectivity index (χ0) is 12.8. The second-order valence-corrected chi connectivity index (χ2v) is 4.64. The number of nitrogens with one attached hydrogen (secondary N) is 1. The van der Waals surface area contributed by atoms with Crippen molar-refractivity contribution < 1.29 is 19.0 Å². The Morgan fingerprint density at radius 2 is 2.12 bits per heavy atom. The number of anilines is 1. The van der Waals surface area contributed by atoms with Crippen molar-refractivity contribution in [2.45, 2.75) is 32.5 Å². The maximum Gasteiger partial charge on any atom is 0.265 e. The van der Waals surface area contributed by atoms with Crippen LogP contribution in [0.15, 0.2) is 12.1 Å². The summed E-state index contributed by atoms with van der Waals surface area (Å²) in [5, 5.41) is 12.4. The third kappa shape index (κ3) is 2.10. The normalized spacial score (nSPS) is 19.4. The molecule has 0 unspecified atom stereocenters. The molecule has 1 heterocycles. The Kier molecular flexibility index (Phi) is 2.58. The molecule has 5 heteroatoms. The van der Waals surface area contributed by atoms with E-state index in [1.807, 2.05) is 0 Å². The molecule has 1 amide bonds. The van der Waals surface area contributed by atoms with Crippen LogP contribution in [0.4, 0.5) is 10.1 Å². The molecule has 1 aliphatic rings. The number of fused-ring (bicyclic) bond motifs is 1. The van der Waals surface area contributed by atoms with Crippen LogP contribution in [-0.2, 0) is 10.4 Å². The summed E-state index contributed by atoms with van der Waals surface area (Å²) in [6.07, 6.45) is -0.718. The SMILES string of the molecule is C[C@H]1Oc2c(F)cc(C(C)(C)O)cc2NC1=O. The van der Waals surface area contributed by atoms with E-state index < -0.39 is 17.5 Å². The van der Waals surface area contributed by atoms with Gasteiger partial charge in [-0.3, -0.25) is 4.79 Å². The standard InChI is InChI=1S/C12H14FNO3/c1-6-11(15)14-9-5-7(12(2,3)16)4-8(13)10(9)17-6/h4-6,16H,1-3H3,(H,14,15)/t6-/m1/s1. The Morgan fingerprint density at radius 1 is 1.47 bits per heavy atom. The highest BCUT2D eigenvalue weighted by Crippen LogP contribution is 2.36. The molecule has 0 bridgehead atoms. The molecule has 17 heavy (non-hydrogen) atoms. The fourth-order valence-electron chi connectivity index (χ4n) is 1.62. The number of carbonyl (C=O) groups is 1. The Labute approximate surface area is 98.4 Å². The van der Waals surface area contributed by atoms with Gasteiger partial charge in [0.25, 0.3) is 5.91 Å². The van der Waals surface area contributed by atoms with E-state index in [1.54, 1.807) is 20.8 Å². The quantitative estimate of drug-likeness (QED) is 0.785. The number of benzene rings is 1. The van der Waals surface area contributed by atoms with E-state index in [1.165, 1.54) is 12.1 Å². The molecule has 1 atom stereocenters. The van der Waals surface area contributed by atoms with Gasteiger partial charge in [-0.15, -0.1) is 0 Å². The Balaban J connectivity index is 2.52. The van der Waals surface area contributed by atoms with Gasteiger partial charge in [-0.2, -0.15) is 0 Å². The van der Waals surface area contributed by atoms with Crippen molar-refractivity contribution >= 4 is 11.6 Å². The van der Waals surface area contributed by atoms with E-state index in [-0.39, 0.29) is 17.3 Å². The molecule has 0 saturated carbocycles. The maximum absolute atomic E-state index is 13.8. The van der Waals surface area contributed by atoms with Crippen LogP contribution in [0.3, 0.4) is 0 Å². The minimum Gasteiger partial charge on any atom is -0.476 e. The second kappa shape index (κ2) is 3.70. The smallest absolute Gasteiger partial charge is 0.265 e. The fraction of sp³-hybridized carbons (Fsp3) is 0.417. The highest BCUT2D eigenvalue weighted by atomic mass is 19.1. The Hall–Kier alpha value is -1.62. The van der Waals surface area contributed by atoms with Gasteiger partial charge in [0, 0.05) is 0 Å². The van der Waals surface area contributed by atoms with E-state index in [0.717, 1.165) is 0 Å². The Morgan fingerprint density at radius 3 is 2.71 bits per heavy atom. The number of amides is 1. The van der Waals surface area contributed by atoms with Crippen molar-refractivity contribution in [3.8, 4) is 5.75 Å². The summed E-state index contributed by atoms with van der Waals surface area (Å²) in [4.78, 5) is 11.4. The van der Waals surface area contributed by atoms with Crippen molar-refractivity contribution in [3.63, 3.8) is 0 Å². The zero-order valence-corrected chi connectivity index (χ0v) is 9.87. The second-order valence-electron chi connectivity index (χ2n) is 4.64. The number of rotatable bonds is 1.